The molecule has 0 N–H and O–H groups in total. The zero-order valence-electron chi connectivity index (χ0n) is 27.9. The van der Waals surface area contributed by atoms with Crippen LogP contribution in [0, 0.1) is 22.7 Å². The molecule has 6 nitrogen and oxygen atoms in total. The number of rotatable bonds is 4. The van der Waals surface area contributed by atoms with E-state index >= 15 is 0 Å². The quantitative estimate of drug-likeness (QED) is 0.281. The van der Waals surface area contributed by atoms with Crippen molar-refractivity contribution in [3.05, 3.63) is 59.7 Å². The second kappa shape index (κ2) is 14.7. The average molecular weight is 680 g/mol. The van der Waals surface area contributed by atoms with Crippen molar-refractivity contribution in [2.75, 3.05) is 4.93 Å². The first-order chi connectivity index (χ1) is 18.4. The second-order valence-electron chi connectivity index (χ2n) is 12.6. The second-order valence-corrected chi connectivity index (χ2v) is 12.6. The fourth-order valence-electron chi connectivity index (χ4n) is 3.96. The van der Waals surface area contributed by atoms with Gasteiger partial charge in [-0.2, -0.15) is 10.5 Å². The summed E-state index contributed by atoms with van der Waals surface area (Å²) >= 11 is 2.15. The Morgan fingerprint density at radius 2 is 1.00 bits per heavy atom. The number of hydrogen-bond acceptors (Lipinski definition) is 6. The summed E-state index contributed by atoms with van der Waals surface area (Å²) in [4.78, 5) is 1.97. The first kappa shape index (κ1) is 38.1. The van der Waals surface area contributed by atoms with Gasteiger partial charge in [0.15, 0.2) is 0 Å². The van der Waals surface area contributed by atoms with E-state index in [9.17, 15) is 0 Å². The predicted octanol–water partition coefficient (Wildman–Crippen LogP) is 3.01. The molecular formula is C31H44B2IN2NaO4. The van der Waals surface area contributed by atoms with Gasteiger partial charge in [-0.05, 0) is 96.2 Å². The van der Waals surface area contributed by atoms with Crippen LogP contribution in [0.1, 0.15) is 81.8 Å². The smallest absolute Gasteiger partial charge is 1.00 e. The third-order valence-electron chi connectivity index (χ3n) is 8.23. The van der Waals surface area contributed by atoms with Gasteiger partial charge in [0.25, 0.3) is 0 Å². The molecule has 4 rings (SSSR count). The van der Waals surface area contributed by atoms with Gasteiger partial charge >= 0.3 is 43.8 Å². The summed E-state index contributed by atoms with van der Waals surface area (Å²) in [5.41, 5.74) is 2.22. The number of halogens is 1. The van der Waals surface area contributed by atoms with Crippen LogP contribution >= 0.6 is 22.6 Å². The molecule has 0 saturated carbocycles. The van der Waals surface area contributed by atoms with Crippen LogP contribution < -0.4 is 40.5 Å². The number of hydrogen-bond donors (Lipinski definition) is 0. The Kier molecular flexibility index (Phi) is 13.7. The van der Waals surface area contributed by atoms with Crippen molar-refractivity contribution in [3.63, 3.8) is 0 Å². The van der Waals surface area contributed by atoms with Gasteiger partial charge in [-0.25, -0.2) is 0 Å². The van der Waals surface area contributed by atoms with Gasteiger partial charge < -0.3 is 20.0 Å². The number of nitriles is 2. The van der Waals surface area contributed by atoms with Crippen LogP contribution in [0.5, 0.6) is 0 Å². The van der Waals surface area contributed by atoms with Gasteiger partial charge in [0.1, 0.15) is 0 Å². The fraction of sp³-hybridized carbons (Fsp3) is 0.548. The monoisotopic (exact) mass is 680 g/mol. The van der Waals surface area contributed by atoms with Crippen LogP contribution in [-0.2, 0) is 30.5 Å². The molecule has 0 atom stereocenters. The number of nitrogens with zero attached hydrogens (tertiary/aromatic N) is 2. The van der Waals surface area contributed by atoms with E-state index in [1.807, 2.05) is 123 Å². The molecule has 2 saturated heterocycles. The maximum atomic E-state index is 9.17. The molecule has 216 valence electrons. The average Bonchev–Trinajstić information content (AvgIpc) is 3.25. The van der Waals surface area contributed by atoms with Gasteiger partial charge in [0.2, 0.25) is 0 Å². The third-order valence-corrected chi connectivity index (χ3v) is 8.23. The number of benzene rings is 2. The Hall–Kier alpha value is -0.880. The normalized spacial score (nSPS) is 19.4. The molecule has 0 unspecified atom stereocenters. The SMILES string of the molecule is CC(C)(C#N)c1ccc(B2OC(C)(C)C(C)(C)O2)cc1.CC1(C)OB(c2ccc(CC#N)cc2)OC1(C)C.CI.[H-].[Na+]. The molecule has 41 heavy (non-hydrogen) atoms. The van der Waals surface area contributed by atoms with E-state index in [1.165, 1.54) is 0 Å². The zero-order valence-corrected chi connectivity index (χ0v) is 31.0. The Morgan fingerprint density at radius 1 is 0.683 bits per heavy atom. The van der Waals surface area contributed by atoms with Crippen molar-refractivity contribution in [2.24, 2.45) is 0 Å². The molecule has 2 aromatic carbocycles. The summed E-state index contributed by atoms with van der Waals surface area (Å²) in [7, 11) is -0.676. The van der Waals surface area contributed by atoms with Crippen LogP contribution in [0.15, 0.2) is 48.5 Å². The van der Waals surface area contributed by atoms with Crippen LogP contribution in [0.2, 0.25) is 0 Å². The molecule has 2 aromatic rings. The maximum absolute atomic E-state index is 9.17. The first-order valence-corrected chi connectivity index (χ1v) is 15.7. The molecule has 2 heterocycles. The Labute approximate surface area is 286 Å². The van der Waals surface area contributed by atoms with E-state index in [2.05, 4.69) is 34.7 Å². The van der Waals surface area contributed by atoms with Crippen molar-refractivity contribution in [2.45, 2.75) is 103 Å². The van der Waals surface area contributed by atoms with Crippen LogP contribution in [0.4, 0.5) is 0 Å². The van der Waals surface area contributed by atoms with Gasteiger partial charge in [0, 0.05) is 0 Å². The predicted molar refractivity (Wildman–Crippen MR) is 173 cm³/mol. The van der Waals surface area contributed by atoms with Crippen LogP contribution in [-0.4, -0.2) is 41.6 Å². The Bertz CT molecular complexity index is 1200. The number of alkyl halides is 1. The van der Waals surface area contributed by atoms with E-state index in [-0.39, 0.29) is 67.6 Å². The van der Waals surface area contributed by atoms with Crippen LogP contribution in [0.25, 0.3) is 0 Å². The van der Waals surface area contributed by atoms with Gasteiger partial charge in [-0.15, -0.1) is 0 Å². The molecule has 10 heteroatoms. The minimum absolute atomic E-state index is 0. The summed E-state index contributed by atoms with van der Waals surface area (Å²) in [6.45, 7) is 20.1. The van der Waals surface area contributed by atoms with Crippen molar-refractivity contribution in [3.8, 4) is 12.1 Å². The largest absolute Gasteiger partial charge is 1.00 e. The third kappa shape index (κ3) is 9.06. The minimum Gasteiger partial charge on any atom is -1.00 e. The van der Waals surface area contributed by atoms with E-state index in [0.717, 1.165) is 22.1 Å². The Morgan fingerprint density at radius 3 is 1.29 bits per heavy atom. The summed E-state index contributed by atoms with van der Waals surface area (Å²) in [6, 6.07) is 20.2. The summed E-state index contributed by atoms with van der Waals surface area (Å²) in [6.07, 6.45) is 0.434. The molecular weight excluding hydrogens is 636 g/mol. The molecule has 0 spiro atoms. The maximum Gasteiger partial charge on any atom is 1.00 e. The van der Waals surface area contributed by atoms with Gasteiger partial charge in [0.05, 0.1) is 46.4 Å². The molecule has 2 fully saturated rings. The molecule has 0 radical (unpaired) electrons. The van der Waals surface area contributed by atoms with E-state index < -0.39 is 5.41 Å². The zero-order chi connectivity index (χ0) is 30.6. The van der Waals surface area contributed by atoms with E-state index in [0.29, 0.717) is 6.42 Å². The minimum atomic E-state index is -0.478. The van der Waals surface area contributed by atoms with E-state index in [4.69, 9.17) is 29.1 Å². The molecule has 0 amide bonds. The van der Waals surface area contributed by atoms with Crippen LogP contribution in [0.3, 0.4) is 0 Å². The molecule has 0 aliphatic carbocycles. The summed E-state index contributed by atoms with van der Waals surface area (Å²) < 4.78 is 24.0. The van der Waals surface area contributed by atoms with Crippen molar-refractivity contribution < 1.29 is 49.6 Å². The van der Waals surface area contributed by atoms with Crippen molar-refractivity contribution in [1.29, 1.82) is 10.5 Å². The molecule has 2 aliphatic rings. The first-order valence-electron chi connectivity index (χ1n) is 13.5. The van der Waals surface area contributed by atoms with Gasteiger partial charge in [-0.3, -0.25) is 0 Å². The van der Waals surface area contributed by atoms with Gasteiger partial charge in [-0.1, -0.05) is 71.1 Å². The topological polar surface area (TPSA) is 84.5 Å². The van der Waals surface area contributed by atoms with Crippen molar-refractivity contribution >= 4 is 47.8 Å². The standard InChI is InChI=1S/C16H22BNO2.C14H18BNO2.CH3I.Na.H/c1-14(2,11-18)12-7-9-13(10-8-12)17-19-15(3,4)16(5,6)20-17;1-13(2)14(3,4)18-15(17-13)12-7-5-11(6-8-12)9-10-16;1-2;;/h7-10H,1-6H3;5-8H,9H2,1-4H3;1H3;;/q;;;+1;-1. The molecule has 0 bridgehead atoms. The summed E-state index contributed by atoms with van der Waals surface area (Å²) in [5.74, 6) is 0. The fourth-order valence-corrected chi connectivity index (χ4v) is 3.96. The Balaban J connectivity index is 0.000000726. The molecule has 0 aromatic heterocycles. The summed E-state index contributed by atoms with van der Waals surface area (Å²) in [5, 5.41) is 17.8. The molecule has 2 aliphatic heterocycles. The van der Waals surface area contributed by atoms with Crippen molar-refractivity contribution in [1.82, 2.24) is 0 Å². The van der Waals surface area contributed by atoms with E-state index in [1.54, 1.807) is 0 Å².